The second-order valence-electron chi connectivity index (χ2n) is 4.65. The number of carbonyl (C=O) groups is 1. The van der Waals surface area contributed by atoms with Crippen molar-refractivity contribution < 1.29 is 9.90 Å². The van der Waals surface area contributed by atoms with E-state index in [-0.39, 0.29) is 6.04 Å². The van der Waals surface area contributed by atoms with Gasteiger partial charge in [-0.15, -0.1) is 0 Å². The molecule has 0 bridgehead atoms. The Morgan fingerprint density at radius 2 is 1.94 bits per heavy atom. The van der Waals surface area contributed by atoms with Crippen LogP contribution in [0.4, 0.5) is 0 Å². The van der Waals surface area contributed by atoms with Gasteiger partial charge in [-0.3, -0.25) is 4.79 Å². The highest BCUT2D eigenvalue weighted by Crippen LogP contribution is 2.27. The average Bonchev–Trinajstić information content (AvgIpc) is 2.64. The van der Waals surface area contributed by atoms with E-state index in [0.717, 1.165) is 6.54 Å². The van der Waals surface area contributed by atoms with Crippen molar-refractivity contribution in [3.63, 3.8) is 0 Å². The molecule has 2 rings (SSSR count). The molecule has 2 N–H and O–H groups in total. The summed E-state index contributed by atoms with van der Waals surface area (Å²) in [6, 6.07) is 6.07. The molecule has 1 saturated heterocycles. The number of rotatable bonds is 2. The summed E-state index contributed by atoms with van der Waals surface area (Å²) in [5.74, 6) is -0.411. The molecular weight excluding hydrogens is 202 g/mol. The number of aryl methyl sites for hydroxylation is 2. The molecule has 86 valence electrons. The third-order valence-corrected chi connectivity index (χ3v) is 3.14. The molecule has 2 unspecified atom stereocenters. The largest absolute Gasteiger partial charge is 0.480 e. The van der Waals surface area contributed by atoms with E-state index in [2.05, 4.69) is 37.4 Å². The molecule has 0 saturated carbocycles. The summed E-state index contributed by atoms with van der Waals surface area (Å²) in [7, 11) is 0. The molecule has 0 aromatic heterocycles. The Hall–Kier alpha value is -1.35. The van der Waals surface area contributed by atoms with E-state index in [1.54, 1.807) is 0 Å². The van der Waals surface area contributed by atoms with Crippen LogP contribution < -0.4 is 5.32 Å². The van der Waals surface area contributed by atoms with E-state index < -0.39 is 5.97 Å². The van der Waals surface area contributed by atoms with Crippen molar-refractivity contribution in [3.8, 4) is 0 Å². The smallest absolute Gasteiger partial charge is 0.320 e. The van der Waals surface area contributed by atoms with E-state index in [9.17, 15) is 4.79 Å². The summed E-state index contributed by atoms with van der Waals surface area (Å²) in [6.07, 6.45) is 0.693. The monoisotopic (exact) mass is 219 g/mol. The van der Waals surface area contributed by atoms with Crippen LogP contribution in [-0.4, -0.2) is 23.7 Å². The summed E-state index contributed by atoms with van der Waals surface area (Å²) in [5, 5.41) is 12.0. The van der Waals surface area contributed by atoms with Crippen LogP contribution in [0.25, 0.3) is 0 Å². The molecule has 3 heteroatoms. The molecule has 1 aromatic rings. The molecule has 16 heavy (non-hydrogen) atoms. The normalized spacial score (nSPS) is 24.6. The summed E-state index contributed by atoms with van der Waals surface area (Å²) in [5.41, 5.74) is 3.75. The Morgan fingerprint density at radius 3 is 2.44 bits per heavy atom. The molecule has 0 radical (unpaired) electrons. The van der Waals surface area contributed by atoms with Crippen LogP contribution in [0.15, 0.2) is 18.2 Å². The summed E-state index contributed by atoms with van der Waals surface area (Å²) < 4.78 is 0. The van der Waals surface area contributed by atoms with Gasteiger partial charge in [0.25, 0.3) is 0 Å². The van der Waals surface area contributed by atoms with Crippen molar-refractivity contribution in [3.05, 3.63) is 34.9 Å². The Bertz CT molecular complexity index is 394. The molecule has 0 amide bonds. The first kappa shape index (κ1) is 11.1. The predicted molar refractivity (Wildman–Crippen MR) is 62.7 cm³/mol. The first-order chi connectivity index (χ1) is 7.56. The molecule has 1 aliphatic rings. The van der Waals surface area contributed by atoms with E-state index in [0.29, 0.717) is 12.3 Å². The zero-order valence-electron chi connectivity index (χ0n) is 9.66. The van der Waals surface area contributed by atoms with Crippen LogP contribution in [0.2, 0.25) is 0 Å². The maximum atomic E-state index is 10.8. The van der Waals surface area contributed by atoms with Crippen molar-refractivity contribution in [1.29, 1.82) is 0 Å². The maximum Gasteiger partial charge on any atom is 0.320 e. The van der Waals surface area contributed by atoms with Crippen molar-refractivity contribution in [1.82, 2.24) is 5.32 Å². The number of nitrogens with one attached hydrogen (secondary N) is 1. The van der Waals surface area contributed by atoms with Crippen LogP contribution in [0, 0.1) is 13.8 Å². The summed E-state index contributed by atoms with van der Waals surface area (Å²) in [6.45, 7) is 4.92. The fourth-order valence-corrected chi connectivity index (χ4v) is 2.42. The highest BCUT2D eigenvalue weighted by molar-refractivity contribution is 5.74. The topological polar surface area (TPSA) is 49.3 Å². The number of hydrogen-bond acceptors (Lipinski definition) is 2. The van der Waals surface area contributed by atoms with Crippen molar-refractivity contribution in [2.75, 3.05) is 6.54 Å². The minimum absolute atomic E-state index is 0.333. The summed E-state index contributed by atoms with van der Waals surface area (Å²) in [4.78, 5) is 10.8. The van der Waals surface area contributed by atoms with Crippen LogP contribution in [0.1, 0.15) is 29.0 Å². The van der Waals surface area contributed by atoms with Gasteiger partial charge in [-0.2, -0.15) is 0 Å². The molecule has 0 aliphatic carbocycles. The van der Waals surface area contributed by atoms with Gasteiger partial charge in [0.2, 0.25) is 0 Å². The third-order valence-electron chi connectivity index (χ3n) is 3.14. The van der Waals surface area contributed by atoms with Gasteiger partial charge in [-0.05, 0) is 31.7 Å². The van der Waals surface area contributed by atoms with Crippen molar-refractivity contribution in [2.45, 2.75) is 32.2 Å². The van der Waals surface area contributed by atoms with Gasteiger partial charge in [0.05, 0.1) is 0 Å². The quantitative estimate of drug-likeness (QED) is 0.798. The van der Waals surface area contributed by atoms with E-state index in [4.69, 9.17) is 5.11 Å². The predicted octanol–water partition coefficient (Wildman–Crippen LogP) is 1.83. The lowest BCUT2D eigenvalue weighted by molar-refractivity contribution is -0.139. The van der Waals surface area contributed by atoms with Gasteiger partial charge in [0.1, 0.15) is 6.04 Å². The number of carboxylic acids is 1. The van der Waals surface area contributed by atoms with Crippen LogP contribution in [0.3, 0.4) is 0 Å². The van der Waals surface area contributed by atoms with Crippen LogP contribution >= 0.6 is 0 Å². The zero-order chi connectivity index (χ0) is 11.7. The lowest BCUT2D eigenvalue weighted by Gasteiger charge is -2.11. The van der Waals surface area contributed by atoms with Gasteiger partial charge < -0.3 is 10.4 Å². The van der Waals surface area contributed by atoms with Crippen LogP contribution in [-0.2, 0) is 4.79 Å². The first-order valence-corrected chi connectivity index (χ1v) is 5.60. The van der Waals surface area contributed by atoms with Crippen molar-refractivity contribution >= 4 is 5.97 Å². The second kappa shape index (κ2) is 4.26. The fourth-order valence-electron chi connectivity index (χ4n) is 2.42. The number of benzene rings is 1. The molecule has 2 atom stereocenters. The Morgan fingerprint density at radius 1 is 1.31 bits per heavy atom. The molecule has 3 nitrogen and oxygen atoms in total. The minimum Gasteiger partial charge on any atom is -0.480 e. The summed E-state index contributed by atoms with van der Waals surface area (Å²) >= 11 is 0. The lowest BCUT2D eigenvalue weighted by Crippen LogP contribution is -2.29. The van der Waals surface area contributed by atoms with E-state index in [1.165, 1.54) is 16.7 Å². The molecule has 1 heterocycles. The van der Waals surface area contributed by atoms with Gasteiger partial charge in [0, 0.05) is 6.54 Å². The molecule has 1 fully saturated rings. The first-order valence-electron chi connectivity index (χ1n) is 5.60. The Labute approximate surface area is 95.5 Å². The number of aliphatic carboxylic acids is 1. The lowest BCUT2D eigenvalue weighted by atomic mass is 9.93. The van der Waals surface area contributed by atoms with Gasteiger partial charge in [0.15, 0.2) is 0 Å². The third kappa shape index (κ3) is 2.25. The van der Waals surface area contributed by atoms with Crippen LogP contribution in [0.5, 0.6) is 0 Å². The Kier molecular flexibility index (Phi) is 2.97. The average molecular weight is 219 g/mol. The van der Waals surface area contributed by atoms with Gasteiger partial charge in [-0.25, -0.2) is 0 Å². The molecule has 0 spiro atoms. The Balaban J connectivity index is 2.17. The van der Waals surface area contributed by atoms with E-state index >= 15 is 0 Å². The van der Waals surface area contributed by atoms with Gasteiger partial charge >= 0.3 is 5.97 Å². The zero-order valence-corrected chi connectivity index (χ0v) is 9.66. The molecule has 1 aliphatic heterocycles. The number of carboxylic acid groups (broad SMARTS) is 1. The van der Waals surface area contributed by atoms with Crippen molar-refractivity contribution in [2.24, 2.45) is 0 Å². The maximum absolute atomic E-state index is 10.8. The molecule has 1 aromatic carbocycles. The number of hydrogen-bond donors (Lipinski definition) is 2. The standard InChI is InChI=1S/C13H17NO2/c1-8-3-9(2)5-10(4-8)11-6-12(13(15)16)14-7-11/h3-5,11-12,14H,6-7H2,1-2H3,(H,15,16). The highest BCUT2D eigenvalue weighted by atomic mass is 16.4. The fraction of sp³-hybridized carbons (Fsp3) is 0.462. The minimum atomic E-state index is -0.744. The second-order valence-corrected chi connectivity index (χ2v) is 4.65. The highest BCUT2D eigenvalue weighted by Gasteiger charge is 2.29. The van der Waals surface area contributed by atoms with Gasteiger partial charge in [-0.1, -0.05) is 29.3 Å². The molecular formula is C13H17NO2. The van der Waals surface area contributed by atoms with E-state index in [1.807, 2.05) is 0 Å². The SMILES string of the molecule is Cc1cc(C)cc(C2CNC(C(=O)O)C2)c1.